The van der Waals surface area contributed by atoms with Crippen LogP contribution in [0.5, 0.6) is 0 Å². The van der Waals surface area contributed by atoms with Gasteiger partial charge in [0.05, 0.1) is 5.41 Å². The number of carboxylic acid groups (broad SMARTS) is 1. The molecule has 2 unspecified atom stereocenters. The Labute approximate surface area is 86.0 Å². The van der Waals surface area contributed by atoms with Crippen LogP contribution >= 0.6 is 0 Å². The molecule has 1 N–H and O–H groups in total. The van der Waals surface area contributed by atoms with Crippen molar-refractivity contribution in [3.05, 3.63) is 12.2 Å². The van der Waals surface area contributed by atoms with Crippen LogP contribution in [0.4, 0.5) is 0 Å². The lowest BCUT2D eigenvalue weighted by molar-refractivity contribution is -0.151. The number of allylic oxidation sites excluding steroid dienone is 2. The third-order valence-corrected chi connectivity index (χ3v) is 3.33. The van der Waals surface area contributed by atoms with E-state index >= 15 is 0 Å². The van der Waals surface area contributed by atoms with Gasteiger partial charge in [0.25, 0.3) is 0 Å². The van der Waals surface area contributed by atoms with Crippen LogP contribution in [0.25, 0.3) is 0 Å². The first kappa shape index (κ1) is 11.3. The van der Waals surface area contributed by atoms with Gasteiger partial charge in [0, 0.05) is 0 Å². The Morgan fingerprint density at radius 1 is 1.64 bits per heavy atom. The third kappa shape index (κ3) is 2.17. The highest BCUT2D eigenvalue weighted by Crippen LogP contribution is 2.38. The second-order valence-corrected chi connectivity index (χ2v) is 4.44. The molecule has 2 atom stereocenters. The lowest BCUT2D eigenvalue weighted by Crippen LogP contribution is -2.35. The minimum Gasteiger partial charge on any atom is -0.481 e. The average molecular weight is 196 g/mol. The standard InChI is InChI=1S/C12H20O2/c1-3-9-12(2,11(13)14)10-7-5-4-6-8-10/h5,7,10H,3-4,6,8-9H2,1-2H3,(H,13,14). The zero-order chi connectivity index (χ0) is 10.6. The van der Waals surface area contributed by atoms with Crippen molar-refractivity contribution in [2.45, 2.75) is 46.0 Å². The predicted molar refractivity (Wildman–Crippen MR) is 57.1 cm³/mol. The Morgan fingerprint density at radius 3 is 2.79 bits per heavy atom. The van der Waals surface area contributed by atoms with Gasteiger partial charge in [-0.3, -0.25) is 4.79 Å². The molecule has 0 saturated carbocycles. The summed E-state index contributed by atoms with van der Waals surface area (Å²) in [6.07, 6.45) is 9.22. The van der Waals surface area contributed by atoms with Crippen molar-refractivity contribution in [1.29, 1.82) is 0 Å². The lowest BCUT2D eigenvalue weighted by atomic mass is 9.70. The van der Waals surface area contributed by atoms with Crippen LogP contribution in [-0.2, 0) is 4.79 Å². The Hall–Kier alpha value is -0.790. The SMILES string of the molecule is CCCC(C)(C(=O)O)C1C=CCCC1. The van der Waals surface area contributed by atoms with E-state index in [1.165, 1.54) is 0 Å². The molecule has 1 rings (SSSR count). The van der Waals surface area contributed by atoms with E-state index in [1.807, 2.05) is 13.8 Å². The topological polar surface area (TPSA) is 37.3 Å². The quantitative estimate of drug-likeness (QED) is 0.701. The van der Waals surface area contributed by atoms with Crippen LogP contribution in [-0.4, -0.2) is 11.1 Å². The Kier molecular flexibility index (Phi) is 3.73. The molecule has 2 nitrogen and oxygen atoms in total. The van der Waals surface area contributed by atoms with E-state index in [2.05, 4.69) is 12.2 Å². The van der Waals surface area contributed by atoms with Gasteiger partial charge in [0.1, 0.15) is 0 Å². The van der Waals surface area contributed by atoms with E-state index < -0.39 is 11.4 Å². The number of aliphatic carboxylic acids is 1. The second kappa shape index (κ2) is 4.63. The fourth-order valence-electron chi connectivity index (χ4n) is 2.31. The Bertz CT molecular complexity index is 232. The van der Waals surface area contributed by atoms with Gasteiger partial charge < -0.3 is 5.11 Å². The second-order valence-electron chi connectivity index (χ2n) is 4.44. The first-order chi connectivity index (χ1) is 6.61. The van der Waals surface area contributed by atoms with Gasteiger partial charge in [-0.1, -0.05) is 25.5 Å². The largest absolute Gasteiger partial charge is 0.481 e. The molecule has 0 bridgehead atoms. The molecule has 0 aliphatic heterocycles. The van der Waals surface area contributed by atoms with E-state index in [4.69, 9.17) is 0 Å². The van der Waals surface area contributed by atoms with Crippen LogP contribution in [0.15, 0.2) is 12.2 Å². The number of hydrogen-bond acceptors (Lipinski definition) is 1. The van der Waals surface area contributed by atoms with E-state index in [0.717, 1.165) is 32.1 Å². The fraction of sp³-hybridized carbons (Fsp3) is 0.750. The molecule has 0 aromatic rings. The Balaban J connectivity index is 2.80. The maximum atomic E-state index is 11.3. The molecule has 0 saturated heterocycles. The van der Waals surface area contributed by atoms with Gasteiger partial charge in [0.15, 0.2) is 0 Å². The Morgan fingerprint density at radius 2 is 2.36 bits per heavy atom. The average Bonchev–Trinajstić information content (AvgIpc) is 2.19. The minimum absolute atomic E-state index is 0.230. The monoisotopic (exact) mass is 196 g/mol. The maximum absolute atomic E-state index is 11.3. The number of hydrogen-bond donors (Lipinski definition) is 1. The van der Waals surface area contributed by atoms with Crippen LogP contribution in [0.1, 0.15) is 46.0 Å². The molecular weight excluding hydrogens is 176 g/mol. The van der Waals surface area contributed by atoms with Crippen molar-refractivity contribution in [3.8, 4) is 0 Å². The summed E-state index contributed by atoms with van der Waals surface area (Å²) in [5, 5.41) is 9.28. The summed E-state index contributed by atoms with van der Waals surface area (Å²) < 4.78 is 0. The first-order valence-electron chi connectivity index (χ1n) is 5.51. The summed E-state index contributed by atoms with van der Waals surface area (Å²) in [5.41, 5.74) is -0.550. The molecule has 0 amide bonds. The minimum atomic E-state index is -0.643. The van der Waals surface area contributed by atoms with Crippen molar-refractivity contribution in [2.24, 2.45) is 11.3 Å². The molecule has 0 heterocycles. The van der Waals surface area contributed by atoms with Crippen molar-refractivity contribution in [2.75, 3.05) is 0 Å². The zero-order valence-electron chi connectivity index (χ0n) is 9.12. The molecule has 0 aromatic heterocycles. The van der Waals surface area contributed by atoms with Gasteiger partial charge in [-0.25, -0.2) is 0 Å². The highest BCUT2D eigenvalue weighted by molar-refractivity contribution is 5.74. The van der Waals surface area contributed by atoms with Crippen LogP contribution in [0.2, 0.25) is 0 Å². The molecule has 1 aliphatic carbocycles. The van der Waals surface area contributed by atoms with Crippen LogP contribution in [0, 0.1) is 11.3 Å². The molecular formula is C12H20O2. The molecule has 1 aliphatic rings. The van der Waals surface area contributed by atoms with Gasteiger partial charge in [-0.15, -0.1) is 0 Å². The molecule has 0 radical (unpaired) electrons. The van der Waals surface area contributed by atoms with Crippen molar-refractivity contribution >= 4 is 5.97 Å². The third-order valence-electron chi connectivity index (χ3n) is 3.33. The van der Waals surface area contributed by atoms with Gasteiger partial charge in [-0.2, -0.15) is 0 Å². The van der Waals surface area contributed by atoms with Gasteiger partial charge in [-0.05, 0) is 38.5 Å². The van der Waals surface area contributed by atoms with E-state index in [-0.39, 0.29) is 5.92 Å². The van der Waals surface area contributed by atoms with Gasteiger partial charge >= 0.3 is 5.97 Å². The van der Waals surface area contributed by atoms with E-state index in [1.54, 1.807) is 0 Å². The molecule has 80 valence electrons. The molecule has 0 fully saturated rings. The van der Waals surface area contributed by atoms with Crippen LogP contribution in [0.3, 0.4) is 0 Å². The highest BCUT2D eigenvalue weighted by Gasteiger charge is 2.39. The molecule has 0 spiro atoms. The van der Waals surface area contributed by atoms with E-state index in [9.17, 15) is 9.90 Å². The normalized spacial score (nSPS) is 25.7. The highest BCUT2D eigenvalue weighted by atomic mass is 16.4. The maximum Gasteiger partial charge on any atom is 0.309 e. The smallest absolute Gasteiger partial charge is 0.309 e. The summed E-state index contributed by atoms with van der Waals surface area (Å²) >= 11 is 0. The summed E-state index contributed by atoms with van der Waals surface area (Å²) in [4.78, 5) is 11.3. The first-order valence-corrected chi connectivity index (χ1v) is 5.51. The summed E-state index contributed by atoms with van der Waals surface area (Å²) in [6.45, 7) is 3.94. The lowest BCUT2D eigenvalue weighted by Gasteiger charge is -2.33. The van der Waals surface area contributed by atoms with E-state index in [0.29, 0.717) is 0 Å². The number of carboxylic acids is 1. The van der Waals surface area contributed by atoms with Crippen molar-refractivity contribution in [3.63, 3.8) is 0 Å². The summed E-state index contributed by atoms with van der Waals surface area (Å²) in [7, 11) is 0. The van der Waals surface area contributed by atoms with Crippen LogP contribution < -0.4 is 0 Å². The van der Waals surface area contributed by atoms with Crippen molar-refractivity contribution < 1.29 is 9.90 Å². The number of rotatable bonds is 4. The molecule has 0 aromatic carbocycles. The number of carbonyl (C=O) groups is 1. The molecule has 14 heavy (non-hydrogen) atoms. The van der Waals surface area contributed by atoms with Gasteiger partial charge in [0.2, 0.25) is 0 Å². The predicted octanol–water partition coefficient (Wildman–Crippen LogP) is 3.23. The fourth-order valence-corrected chi connectivity index (χ4v) is 2.31. The molecule has 2 heteroatoms. The summed E-state index contributed by atoms with van der Waals surface area (Å²) in [6, 6.07) is 0. The van der Waals surface area contributed by atoms with Crippen molar-refractivity contribution in [1.82, 2.24) is 0 Å². The summed E-state index contributed by atoms with van der Waals surface area (Å²) in [5.74, 6) is -0.412. The zero-order valence-corrected chi connectivity index (χ0v) is 9.12.